The van der Waals surface area contributed by atoms with E-state index >= 15 is 0 Å². The van der Waals surface area contributed by atoms with Crippen LogP contribution in [0.1, 0.15) is 13.3 Å². The molecule has 1 aliphatic rings. The lowest BCUT2D eigenvalue weighted by atomic mass is 9.96. The van der Waals surface area contributed by atoms with E-state index in [2.05, 4.69) is 11.9 Å². The molecule has 1 aliphatic heterocycles. The molecule has 2 heterocycles. The van der Waals surface area contributed by atoms with Gasteiger partial charge in [-0.05, 0) is 12.3 Å². The lowest BCUT2D eigenvalue weighted by molar-refractivity contribution is 0.0495. The van der Waals surface area contributed by atoms with Crippen LogP contribution in [0.4, 0.5) is 20.4 Å². The molecule has 2 rings (SSSR count). The van der Waals surface area contributed by atoms with E-state index in [1.165, 1.54) is 0 Å². The number of aromatic nitrogens is 1. The largest absolute Gasteiger partial charge is 0.381 e. The first kappa shape index (κ1) is 13.0. The van der Waals surface area contributed by atoms with E-state index in [-0.39, 0.29) is 17.7 Å². The van der Waals surface area contributed by atoms with Crippen LogP contribution in [-0.4, -0.2) is 31.3 Å². The van der Waals surface area contributed by atoms with Crippen LogP contribution in [0.3, 0.4) is 0 Å². The fraction of sp³-hybridized carbons (Fsp3) is 0.583. The molecule has 1 saturated heterocycles. The molecule has 0 radical (unpaired) electrons. The van der Waals surface area contributed by atoms with Crippen LogP contribution >= 0.6 is 0 Å². The zero-order chi connectivity index (χ0) is 13.3. The summed E-state index contributed by atoms with van der Waals surface area (Å²) in [6.07, 6.45) is 0.892. The molecule has 2 unspecified atom stereocenters. The van der Waals surface area contributed by atoms with E-state index in [9.17, 15) is 8.78 Å². The molecule has 4 nitrogen and oxygen atoms in total. The summed E-state index contributed by atoms with van der Waals surface area (Å²) in [6.45, 7) is 3.29. The predicted octanol–water partition coefficient (Wildman–Crippen LogP) is 1.80. The molecular weight excluding hydrogens is 240 g/mol. The highest BCUT2D eigenvalue weighted by Gasteiger charge is 2.28. The van der Waals surface area contributed by atoms with Gasteiger partial charge >= 0.3 is 0 Å². The maximum Gasteiger partial charge on any atom is 0.168 e. The zero-order valence-corrected chi connectivity index (χ0v) is 10.5. The number of ether oxygens (including phenoxy) is 1. The van der Waals surface area contributed by atoms with Crippen molar-refractivity contribution in [3.8, 4) is 0 Å². The fourth-order valence-electron chi connectivity index (χ4n) is 2.23. The normalized spacial score (nSPS) is 24.3. The zero-order valence-electron chi connectivity index (χ0n) is 10.5. The summed E-state index contributed by atoms with van der Waals surface area (Å²) in [6, 6.07) is 0.775. The fourth-order valence-corrected chi connectivity index (χ4v) is 2.23. The number of anilines is 2. The van der Waals surface area contributed by atoms with Gasteiger partial charge in [-0.25, -0.2) is 13.8 Å². The number of rotatable bonds is 2. The Morgan fingerprint density at radius 3 is 2.83 bits per heavy atom. The minimum Gasteiger partial charge on any atom is -0.381 e. The molecule has 0 amide bonds. The number of nitrogen functional groups attached to an aromatic ring is 1. The molecule has 0 saturated carbocycles. The third-order valence-corrected chi connectivity index (χ3v) is 3.43. The van der Waals surface area contributed by atoms with Crippen molar-refractivity contribution in [2.75, 3.05) is 30.8 Å². The van der Waals surface area contributed by atoms with Gasteiger partial charge in [-0.15, -0.1) is 0 Å². The second-order valence-corrected chi connectivity index (χ2v) is 4.65. The van der Waals surface area contributed by atoms with Gasteiger partial charge in [0, 0.05) is 26.3 Å². The Balaban J connectivity index is 2.24. The first-order valence-electron chi connectivity index (χ1n) is 5.92. The van der Waals surface area contributed by atoms with Crippen LogP contribution in [0.5, 0.6) is 0 Å². The van der Waals surface area contributed by atoms with Gasteiger partial charge in [-0.1, -0.05) is 6.92 Å². The van der Waals surface area contributed by atoms with Crippen molar-refractivity contribution < 1.29 is 13.5 Å². The second-order valence-electron chi connectivity index (χ2n) is 4.65. The number of nitrogens with zero attached hydrogens (tertiary/aromatic N) is 2. The van der Waals surface area contributed by atoms with Gasteiger partial charge in [0.25, 0.3) is 0 Å². The average molecular weight is 257 g/mol. The van der Waals surface area contributed by atoms with Crippen LogP contribution < -0.4 is 10.6 Å². The molecular formula is C12H17F2N3O. The van der Waals surface area contributed by atoms with E-state index in [1.807, 2.05) is 0 Å². The quantitative estimate of drug-likeness (QED) is 0.877. The van der Waals surface area contributed by atoms with Crippen LogP contribution in [0.2, 0.25) is 0 Å². The van der Waals surface area contributed by atoms with E-state index in [4.69, 9.17) is 10.5 Å². The SMILES string of the molecule is COC1CN(c2nc(N)c(F)cc2F)CCC1C. The molecule has 1 aromatic rings. The monoisotopic (exact) mass is 257 g/mol. The van der Waals surface area contributed by atoms with Gasteiger partial charge in [0.15, 0.2) is 23.3 Å². The summed E-state index contributed by atoms with van der Waals surface area (Å²) in [5, 5.41) is 0. The summed E-state index contributed by atoms with van der Waals surface area (Å²) in [7, 11) is 1.63. The topological polar surface area (TPSA) is 51.4 Å². The third-order valence-electron chi connectivity index (χ3n) is 3.43. The summed E-state index contributed by atoms with van der Waals surface area (Å²) in [4.78, 5) is 5.54. The highest BCUT2D eigenvalue weighted by molar-refractivity contribution is 5.47. The number of nitrogens with two attached hydrogens (primary N) is 1. The average Bonchev–Trinajstić information content (AvgIpc) is 2.35. The van der Waals surface area contributed by atoms with Gasteiger partial charge in [0.1, 0.15) is 0 Å². The van der Waals surface area contributed by atoms with Crippen molar-refractivity contribution in [1.29, 1.82) is 0 Å². The first-order valence-corrected chi connectivity index (χ1v) is 5.92. The molecule has 0 bridgehead atoms. The van der Waals surface area contributed by atoms with Crippen LogP contribution in [-0.2, 0) is 4.74 Å². The predicted molar refractivity (Wildman–Crippen MR) is 65.4 cm³/mol. The summed E-state index contributed by atoms with van der Waals surface area (Å²) in [5.74, 6) is -1.29. The van der Waals surface area contributed by atoms with Crippen molar-refractivity contribution >= 4 is 11.6 Å². The van der Waals surface area contributed by atoms with Crippen molar-refractivity contribution in [3.63, 3.8) is 0 Å². The summed E-state index contributed by atoms with van der Waals surface area (Å²) in [5.41, 5.74) is 5.38. The van der Waals surface area contributed by atoms with Crippen molar-refractivity contribution in [3.05, 3.63) is 17.7 Å². The molecule has 6 heteroatoms. The third kappa shape index (κ3) is 2.38. The van der Waals surface area contributed by atoms with Crippen molar-refractivity contribution in [1.82, 2.24) is 4.98 Å². The van der Waals surface area contributed by atoms with E-state index < -0.39 is 11.6 Å². The standard InChI is InChI=1S/C12H17F2N3O/c1-7-3-4-17(6-10(7)18-2)12-9(14)5-8(13)11(15)16-12/h5,7,10H,3-4,6H2,1-2H3,(H2,15,16). The minimum absolute atomic E-state index is 0.0197. The van der Waals surface area contributed by atoms with E-state index in [0.29, 0.717) is 19.0 Å². The molecule has 1 fully saturated rings. The number of piperidine rings is 1. The smallest absolute Gasteiger partial charge is 0.168 e. The molecule has 2 atom stereocenters. The van der Waals surface area contributed by atoms with Crippen LogP contribution in [0.15, 0.2) is 6.07 Å². The van der Waals surface area contributed by atoms with Gasteiger partial charge in [-0.2, -0.15) is 0 Å². The van der Waals surface area contributed by atoms with Gasteiger partial charge in [-0.3, -0.25) is 0 Å². The molecule has 18 heavy (non-hydrogen) atoms. The van der Waals surface area contributed by atoms with E-state index in [0.717, 1.165) is 12.5 Å². The highest BCUT2D eigenvalue weighted by atomic mass is 19.1. The number of hydrogen-bond acceptors (Lipinski definition) is 4. The Hall–Kier alpha value is -1.43. The maximum absolute atomic E-state index is 13.7. The van der Waals surface area contributed by atoms with Crippen LogP contribution in [0, 0.1) is 17.6 Å². The number of pyridine rings is 1. The van der Waals surface area contributed by atoms with Crippen molar-refractivity contribution in [2.45, 2.75) is 19.4 Å². The molecule has 0 aliphatic carbocycles. The Kier molecular flexibility index (Phi) is 3.65. The summed E-state index contributed by atoms with van der Waals surface area (Å²) >= 11 is 0. The Morgan fingerprint density at radius 1 is 1.44 bits per heavy atom. The molecule has 100 valence electrons. The van der Waals surface area contributed by atoms with Crippen LogP contribution in [0.25, 0.3) is 0 Å². The Morgan fingerprint density at radius 2 is 2.17 bits per heavy atom. The highest BCUT2D eigenvalue weighted by Crippen LogP contribution is 2.26. The number of halogens is 2. The number of methoxy groups -OCH3 is 1. The molecule has 0 aromatic carbocycles. The van der Waals surface area contributed by atoms with Gasteiger partial charge in [0.2, 0.25) is 0 Å². The first-order chi connectivity index (χ1) is 8.52. The Labute approximate surface area is 105 Å². The van der Waals surface area contributed by atoms with E-state index in [1.54, 1.807) is 12.0 Å². The van der Waals surface area contributed by atoms with Crippen molar-refractivity contribution in [2.24, 2.45) is 5.92 Å². The number of hydrogen-bond donors (Lipinski definition) is 1. The summed E-state index contributed by atoms with van der Waals surface area (Å²) < 4.78 is 32.1. The minimum atomic E-state index is -0.829. The molecule has 2 N–H and O–H groups in total. The second kappa shape index (κ2) is 5.06. The molecule has 1 aromatic heterocycles. The maximum atomic E-state index is 13.7. The molecule has 0 spiro atoms. The Bertz CT molecular complexity index is 442. The van der Waals surface area contributed by atoms with Gasteiger partial charge in [0.05, 0.1) is 6.10 Å². The van der Waals surface area contributed by atoms with Gasteiger partial charge < -0.3 is 15.4 Å². The lowest BCUT2D eigenvalue weighted by Gasteiger charge is -2.37. The lowest BCUT2D eigenvalue weighted by Crippen LogP contribution is -2.44.